The molecule has 1 rings (SSSR count). The van der Waals surface area contributed by atoms with Crippen LogP contribution in [-0.4, -0.2) is 34.3 Å². The van der Waals surface area contributed by atoms with Crippen LogP contribution in [-0.2, 0) is 9.59 Å². The van der Waals surface area contributed by atoms with E-state index < -0.39 is 5.54 Å². The van der Waals surface area contributed by atoms with Crippen LogP contribution in [0.4, 0.5) is 0 Å². The zero-order chi connectivity index (χ0) is 13.2. The highest BCUT2D eigenvalue weighted by Gasteiger charge is 2.47. The average Bonchev–Trinajstić information content (AvgIpc) is 2.26. The highest BCUT2D eigenvalue weighted by atomic mass is 16.2. The van der Waals surface area contributed by atoms with Gasteiger partial charge in [0.2, 0.25) is 11.8 Å². The molecule has 1 fully saturated rings. The number of nitrogens with one attached hydrogen (secondary N) is 1. The number of carbonyl (C=O) groups is 2. The lowest BCUT2D eigenvalue weighted by atomic mass is 9.91. The van der Waals surface area contributed by atoms with Crippen LogP contribution in [0.3, 0.4) is 0 Å². The Morgan fingerprint density at radius 2 is 1.94 bits per heavy atom. The van der Waals surface area contributed by atoms with Crippen molar-refractivity contribution in [3.8, 4) is 0 Å². The summed E-state index contributed by atoms with van der Waals surface area (Å²) in [5.41, 5.74) is -0.739. The molecule has 2 amide bonds. The summed E-state index contributed by atoms with van der Waals surface area (Å²) < 4.78 is 0. The zero-order valence-corrected chi connectivity index (χ0v) is 11.5. The van der Waals surface area contributed by atoms with Crippen LogP contribution >= 0.6 is 0 Å². The third-order valence-electron chi connectivity index (χ3n) is 3.61. The van der Waals surface area contributed by atoms with Gasteiger partial charge in [-0.2, -0.15) is 0 Å². The Kier molecular flexibility index (Phi) is 4.17. The van der Waals surface area contributed by atoms with Crippen molar-refractivity contribution in [1.82, 2.24) is 10.2 Å². The van der Waals surface area contributed by atoms with Crippen LogP contribution in [0.5, 0.6) is 0 Å². The van der Waals surface area contributed by atoms with Crippen molar-refractivity contribution >= 4 is 11.8 Å². The molecule has 98 valence electrons. The van der Waals surface area contributed by atoms with Crippen molar-refractivity contribution in [3.63, 3.8) is 0 Å². The molecule has 0 aliphatic carbocycles. The second-order valence-electron chi connectivity index (χ2n) is 5.34. The molecule has 4 nitrogen and oxygen atoms in total. The standard InChI is InChI=1S/C13H24N2O2/c1-6-8-10-11(16)15(9(3)7-2)13(4,5)12(17)14-10/h9-10H,6-8H2,1-5H3,(H,14,17). The molecule has 0 bridgehead atoms. The Labute approximate surface area is 104 Å². The van der Waals surface area contributed by atoms with E-state index in [-0.39, 0.29) is 23.9 Å². The minimum Gasteiger partial charge on any atom is -0.342 e. The van der Waals surface area contributed by atoms with Gasteiger partial charge in [-0.15, -0.1) is 0 Å². The predicted molar refractivity (Wildman–Crippen MR) is 67.5 cm³/mol. The first-order valence-corrected chi connectivity index (χ1v) is 6.50. The lowest BCUT2D eigenvalue weighted by molar-refractivity contribution is -0.158. The maximum Gasteiger partial charge on any atom is 0.246 e. The van der Waals surface area contributed by atoms with Gasteiger partial charge in [0.25, 0.3) is 0 Å². The number of hydrogen-bond acceptors (Lipinski definition) is 2. The van der Waals surface area contributed by atoms with Crippen LogP contribution in [0, 0.1) is 0 Å². The van der Waals surface area contributed by atoms with E-state index in [1.54, 1.807) is 4.90 Å². The van der Waals surface area contributed by atoms with Gasteiger partial charge in [0.1, 0.15) is 11.6 Å². The molecule has 1 aliphatic rings. The van der Waals surface area contributed by atoms with E-state index in [9.17, 15) is 9.59 Å². The van der Waals surface area contributed by atoms with E-state index in [1.165, 1.54) is 0 Å². The first kappa shape index (κ1) is 14.0. The molecule has 2 atom stereocenters. The van der Waals surface area contributed by atoms with Gasteiger partial charge in [-0.05, 0) is 33.6 Å². The monoisotopic (exact) mass is 240 g/mol. The molecule has 17 heavy (non-hydrogen) atoms. The van der Waals surface area contributed by atoms with Crippen LogP contribution in [0.1, 0.15) is 53.9 Å². The van der Waals surface area contributed by atoms with Gasteiger partial charge in [-0.1, -0.05) is 20.3 Å². The Morgan fingerprint density at radius 1 is 1.35 bits per heavy atom. The van der Waals surface area contributed by atoms with Crippen molar-refractivity contribution < 1.29 is 9.59 Å². The molecule has 0 spiro atoms. The average molecular weight is 240 g/mol. The van der Waals surface area contributed by atoms with Crippen molar-refractivity contribution in [1.29, 1.82) is 0 Å². The molecule has 0 radical (unpaired) electrons. The SMILES string of the molecule is CCCC1NC(=O)C(C)(C)N(C(C)CC)C1=O. The third-order valence-corrected chi connectivity index (χ3v) is 3.61. The van der Waals surface area contributed by atoms with E-state index in [2.05, 4.69) is 5.32 Å². The van der Waals surface area contributed by atoms with Crippen molar-refractivity contribution in [2.45, 2.75) is 71.5 Å². The fraction of sp³-hybridized carbons (Fsp3) is 0.846. The van der Waals surface area contributed by atoms with E-state index in [0.29, 0.717) is 6.42 Å². The van der Waals surface area contributed by atoms with Gasteiger partial charge in [0.15, 0.2) is 0 Å². The van der Waals surface area contributed by atoms with Crippen LogP contribution in [0.2, 0.25) is 0 Å². The van der Waals surface area contributed by atoms with E-state index in [1.807, 2.05) is 34.6 Å². The van der Waals surface area contributed by atoms with E-state index in [4.69, 9.17) is 0 Å². The number of piperazine rings is 1. The lowest BCUT2D eigenvalue weighted by Crippen LogP contribution is -2.70. The fourth-order valence-electron chi connectivity index (χ4n) is 2.38. The largest absolute Gasteiger partial charge is 0.342 e. The summed E-state index contributed by atoms with van der Waals surface area (Å²) in [6.45, 7) is 9.69. The smallest absolute Gasteiger partial charge is 0.246 e. The molecule has 1 heterocycles. The fourth-order valence-corrected chi connectivity index (χ4v) is 2.38. The molecule has 0 aromatic carbocycles. The molecule has 0 aromatic rings. The third kappa shape index (κ3) is 2.45. The first-order chi connectivity index (χ1) is 7.86. The minimum atomic E-state index is -0.739. The first-order valence-electron chi connectivity index (χ1n) is 6.50. The highest BCUT2D eigenvalue weighted by molar-refractivity contribution is 5.99. The molecule has 4 heteroatoms. The number of hydrogen-bond donors (Lipinski definition) is 1. The Bertz CT molecular complexity index is 313. The van der Waals surface area contributed by atoms with Crippen LogP contribution in [0.25, 0.3) is 0 Å². The summed E-state index contributed by atoms with van der Waals surface area (Å²) in [6.07, 6.45) is 2.47. The number of amides is 2. The molecule has 1 saturated heterocycles. The van der Waals surface area contributed by atoms with Gasteiger partial charge in [0.05, 0.1) is 0 Å². The zero-order valence-electron chi connectivity index (χ0n) is 11.5. The van der Waals surface area contributed by atoms with Gasteiger partial charge in [0, 0.05) is 6.04 Å². The quantitative estimate of drug-likeness (QED) is 0.813. The maximum absolute atomic E-state index is 12.4. The van der Waals surface area contributed by atoms with Crippen molar-refractivity contribution in [2.75, 3.05) is 0 Å². The molecular weight excluding hydrogens is 216 g/mol. The molecule has 2 unspecified atom stereocenters. The maximum atomic E-state index is 12.4. The molecule has 1 aliphatic heterocycles. The van der Waals surface area contributed by atoms with Gasteiger partial charge in [-0.25, -0.2) is 0 Å². The summed E-state index contributed by atoms with van der Waals surface area (Å²) >= 11 is 0. The normalized spacial score (nSPS) is 25.7. The van der Waals surface area contributed by atoms with Crippen LogP contribution in [0.15, 0.2) is 0 Å². The summed E-state index contributed by atoms with van der Waals surface area (Å²) in [7, 11) is 0. The second kappa shape index (κ2) is 5.07. The molecular formula is C13H24N2O2. The molecule has 0 saturated carbocycles. The minimum absolute atomic E-state index is 0.0455. The van der Waals surface area contributed by atoms with Crippen LogP contribution < -0.4 is 5.32 Å². The van der Waals surface area contributed by atoms with Gasteiger partial charge >= 0.3 is 0 Å². The van der Waals surface area contributed by atoms with Crippen molar-refractivity contribution in [3.05, 3.63) is 0 Å². The van der Waals surface area contributed by atoms with E-state index in [0.717, 1.165) is 12.8 Å². The summed E-state index contributed by atoms with van der Waals surface area (Å²) in [4.78, 5) is 26.2. The molecule has 0 aromatic heterocycles. The van der Waals surface area contributed by atoms with E-state index >= 15 is 0 Å². The lowest BCUT2D eigenvalue weighted by Gasteiger charge is -2.47. The summed E-state index contributed by atoms with van der Waals surface area (Å²) in [5, 5.41) is 2.84. The van der Waals surface area contributed by atoms with Gasteiger partial charge in [-0.3, -0.25) is 9.59 Å². The Hall–Kier alpha value is -1.06. The molecule has 1 N–H and O–H groups in total. The second-order valence-corrected chi connectivity index (χ2v) is 5.34. The topological polar surface area (TPSA) is 49.4 Å². The predicted octanol–water partition coefficient (Wildman–Crippen LogP) is 1.69. The van der Waals surface area contributed by atoms with Gasteiger partial charge < -0.3 is 10.2 Å². The number of nitrogens with zero attached hydrogens (tertiary/aromatic N) is 1. The summed E-state index contributed by atoms with van der Waals surface area (Å²) in [5.74, 6) is 0.0154. The number of rotatable bonds is 4. The number of carbonyl (C=O) groups excluding carboxylic acids is 2. The highest BCUT2D eigenvalue weighted by Crippen LogP contribution is 2.26. The Balaban J connectivity index is 3.02. The van der Waals surface area contributed by atoms with Crippen molar-refractivity contribution in [2.24, 2.45) is 0 Å². The summed E-state index contributed by atoms with van der Waals surface area (Å²) in [6, 6.07) is -0.238. The Morgan fingerprint density at radius 3 is 2.41 bits per heavy atom.